The van der Waals surface area contributed by atoms with E-state index in [0.29, 0.717) is 10.6 Å². The van der Waals surface area contributed by atoms with Crippen molar-refractivity contribution in [1.29, 1.82) is 0 Å². The summed E-state index contributed by atoms with van der Waals surface area (Å²) < 4.78 is 27.8. The van der Waals surface area contributed by atoms with Crippen LogP contribution in [0.25, 0.3) is 0 Å². The number of halogens is 1. The molecule has 82 valence electrons. The minimum absolute atomic E-state index is 0.0763. The van der Waals surface area contributed by atoms with Gasteiger partial charge in [-0.1, -0.05) is 18.2 Å². The molecule has 0 spiro atoms. The van der Waals surface area contributed by atoms with Gasteiger partial charge in [-0.2, -0.15) is 8.42 Å². The van der Waals surface area contributed by atoms with Crippen LogP contribution in [0.2, 0.25) is 5.02 Å². The van der Waals surface area contributed by atoms with Gasteiger partial charge in [0.05, 0.1) is 0 Å². The largest absolute Gasteiger partial charge is 0.384 e. The Hall–Kier alpha value is -1.00. The topological polar surface area (TPSA) is 43.4 Å². The molecule has 0 fully saturated rings. The number of allylic oxidation sites excluding steroid dienone is 1. The summed E-state index contributed by atoms with van der Waals surface area (Å²) in [6.07, 6.45) is 0. The van der Waals surface area contributed by atoms with Crippen LogP contribution < -0.4 is 0 Å². The fourth-order valence-corrected chi connectivity index (χ4v) is 2.15. The van der Waals surface area contributed by atoms with Gasteiger partial charge in [0.2, 0.25) is 0 Å². The Morgan fingerprint density at radius 2 is 2.07 bits per heavy atom. The van der Waals surface area contributed by atoms with Crippen molar-refractivity contribution in [2.75, 3.05) is 0 Å². The highest BCUT2D eigenvalue weighted by Crippen LogP contribution is 2.21. The van der Waals surface area contributed by atoms with Crippen molar-refractivity contribution in [2.45, 2.75) is 18.7 Å². The molecule has 1 aromatic rings. The molecule has 0 bridgehead atoms. The van der Waals surface area contributed by atoms with Crippen molar-refractivity contribution in [3.63, 3.8) is 0 Å². The molecule has 1 rings (SSSR count). The van der Waals surface area contributed by atoms with Crippen molar-refractivity contribution < 1.29 is 12.6 Å². The summed E-state index contributed by atoms with van der Waals surface area (Å²) in [5.41, 5.74) is 0.683. The fourth-order valence-electron chi connectivity index (χ4n) is 1.01. The first-order valence-corrected chi connectivity index (χ1v) is 5.98. The van der Waals surface area contributed by atoms with E-state index >= 15 is 0 Å². The molecule has 0 unspecified atom stereocenters. The molecule has 0 heterocycles. The van der Waals surface area contributed by atoms with Gasteiger partial charge < -0.3 is 4.18 Å². The number of hydrogen-bond acceptors (Lipinski definition) is 3. The number of aryl methyl sites for hydroxylation is 1. The van der Waals surface area contributed by atoms with Gasteiger partial charge in [-0.25, -0.2) is 0 Å². The summed E-state index contributed by atoms with van der Waals surface area (Å²) in [6, 6.07) is 4.37. The van der Waals surface area contributed by atoms with E-state index in [9.17, 15) is 8.42 Å². The Bertz CT molecular complexity index is 491. The highest BCUT2D eigenvalue weighted by molar-refractivity contribution is 7.86. The van der Waals surface area contributed by atoms with Crippen LogP contribution >= 0.6 is 11.6 Å². The summed E-state index contributed by atoms with van der Waals surface area (Å²) in [4.78, 5) is 0.0763. The molecular formula is C10H11ClO3S. The van der Waals surface area contributed by atoms with Crippen LogP contribution in [-0.4, -0.2) is 8.42 Å². The molecule has 3 nitrogen and oxygen atoms in total. The second kappa shape index (κ2) is 4.24. The van der Waals surface area contributed by atoms with Gasteiger partial charge in [-0.15, -0.1) is 0 Å². The quantitative estimate of drug-likeness (QED) is 0.608. The lowest BCUT2D eigenvalue weighted by Crippen LogP contribution is -2.04. The average molecular weight is 247 g/mol. The predicted octanol–water partition coefficient (Wildman–Crippen LogP) is 2.89. The Morgan fingerprint density at radius 3 is 2.53 bits per heavy atom. The second-order valence-electron chi connectivity index (χ2n) is 3.15. The van der Waals surface area contributed by atoms with Gasteiger partial charge in [0.15, 0.2) is 0 Å². The molecule has 5 heteroatoms. The Kier molecular flexibility index (Phi) is 3.42. The lowest BCUT2D eigenvalue weighted by Gasteiger charge is -2.07. The Labute approximate surface area is 94.5 Å². The molecule has 0 amide bonds. The van der Waals surface area contributed by atoms with Gasteiger partial charge in [0.1, 0.15) is 10.7 Å². The summed E-state index contributed by atoms with van der Waals surface area (Å²) in [5, 5.41) is 0.518. The van der Waals surface area contributed by atoms with Gasteiger partial charge in [-0.3, -0.25) is 0 Å². The van der Waals surface area contributed by atoms with Crippen molar-refractivity contribution in [1.82, 2.24) is 0 Å². The lowest BCUT2D eigenvalue weighted by molar-refractivity contribution is 0.410. The maximum Gasteiger partial charge on any atom is 0.338 e. The Balaban J connectivity index is 3.17. The highest BCUT2D eigenvalue weighted by Gasteiger charge is 2.16. The van der Waals surface area contributed by atoms with Crippen LogP contribution in [0.3, 0.4) is 0 Å². The molecule has 15 heavy (non-hydrogen) atoms. The molecule has 0 saturated heterocycles. The molecule has 0 aliphatic carbocycles. The van der Waals surface area contributed by atoms with Crippen LogP contribution in [0, 0.1) is 6.92 Å². The summed E-state index contributed by atoms with van der Waals surface area (Å²) in [5.74, 6) is 0.127. The maximum absolute atomic E-state index is 11.6. The molecule has 1 aromatic carbocycles. The fraction of sp³-hybridized carbons (Fsp3) is 0.200. The average Bonchev–Trinajstić information content (AvgIpc) is 2.07. The zero-order valence-corrected chi connectivity index (χ0v) is 10.0. The van der Waals surface area contributed by atoms with E-state index in [1.54, 1.807) is 6.92 Å². The molecule has 0 aromatic heterocycles. The third-order valence-electron chi connectivity index (χ3n) is 1.67. The maximum atomic E-state index is 11.6. The summed E-state index contributed by atoms with van der Waals surface area (Å²) in [7, 11) is -3.76. The zero-order chi connectivity index (χ0) is 11.6. The molecule has 0 atom stereocenters. The normalized spacial score (nSPS) is 11.1. The zero-order valence-electron chi connectivity index (χ0n) is 8.45. The van der Waals surface area contributed by atoms with E-state index < -0.39 is 10.1 Å². The van der Waals surface area contributed by atoms with Gasteiger partial charge in [0, 0.05) is 5.02 Å². The van der Waals surface area contributed by atoms with Gasteiger partial charge >= 0.3 is 10.1 Å². The number of benzene rings is 1. The molecule has 0 N–H and O–H groups in total. The van der Waals surface area contributed by atoms with Crippen LogP contribution in [0.1, 0.15) is 12.5 Å². The van der Waals surface area contributed by atoms with Crippen LogP contribution in [0.4, 0.5) is 0 Å². The van der Waals surface area contributed by atoms with Crippen LogP contribution in [-0.2, 0) is 14.3 Å². The van der Waals surface area contributed by atoms with Crippen molar-refractivity contribution in [3.8, 4) is 0 Å². The summed E-state index contributed by atoms with van der Waals surface area (Å²) >= 11 is 5.78. The molecule has 0 radical (unpaired) electrons. The van der Waals surface area contributed by atoms with Crippen molar-refractivity contribution in [2.24, 2.45) is 0 Å². The third-order valence-corrected chi connectivity index (χ3v) is 3.43. The molecule has 0 aliphatic rings. The van der Waals surface area contributed by atoms with E-state index in [-0.39, 0.29) is 10.7 Å². The summed E-state index contributed by atoms with van der Waals surface area (Å²) in [6.45, 7) is 6.58. The second-order valence-corrected chi connectivity index (χ2v) is 5.10. The van der Waals surface area contributed by atoms with Gasteiger partial charge in [-0.05, 0) is 37.6 Å². The third kappa shape index (κ3) is 2.97. The van der Waals surface area contributed by atoms with Crippen molar-refractivity contribution >= 4 is 21.7 Å². The highest BCUT2D eigenvalue weighted by atomic mass is 35.5. The first kappa shape index (κ1) is 12.1. The SMILES string of the molecule is C=C(C)OS(=O)(=O)c1ccc(Cl)c(C)c1. The van der Waals surface area contributed by atoms with Crippen molar-refractivity contribution in [3.05, 3.63) is 41.1 Å². The van der Waals surface area contributed by atoms with E-state index in [2.05, 4.69) is 10.8 Å². The van der Waals surface area contributed by atoms with E-state index in [1.165, 1.54) is 25.1 Å². The standard InChI is InChI=1S/C10H11ClO3S/c1-7(2)14-15(12,13)9-4-5-10(11)8(3)6-9/h4-6H,1H2,2-3H3. The first-order chi connectivity index (χ1) is 6.83. The number of rotatable bonds is 3. The molecular weight excluding hydrogens is 236 g/mol. The van der Waals surface area contributed by atoms with Crippen LogP contribution in [0.5, 0.6) is 0 Å². The Morgan fingerprint density at radius 1 is 1.47 bits per heavy atom. The van der Waals surface area contributed by atoms with E-state index in [4.69, 9.17) is 11.6 Å². The molecule has 0 aliphatic heterocycles. The predicted molar refractivity (Wildman–Crippen MR) is 59.3 cm³/mol. The lowest BCUT2D eigenvalue weighted by atomic mass is 10.2. The minimum Gasteiger partial charge on any atom is -0.384 e. The van der Waals surface area contributed by atoms with E-state index in [0.717, 1.165) is 0 Å². The number of hydrogen-bond donors (Lipinski definition) is 0. The molecule has 0 saturated carbocycles. The van der Waals surface area contributed by atoms with E-state index in [1.807, 2.05) is 0 Å². The van der Waals surface area contributed by atoms with Crippen LogP contribution in [0.15, 0.2) is 35.4 Å². The monoisotopic (exact) mass is 246 g/mol. The van der Waals surface area contributed by atoms with Gasteiger partial charge in [0.25, 0.3) is 0 Å². The smallest absolute Gasteiger partial charge is 0.338 e. The first-order valence-electron chi connectivity index (χ1n) is 4.19. The minimum atomic E-state index is -3.76.